The third-order valence-corrected chi connectivity index (χ3v) is 6.83. The van der Waals surface area contributed by atoms with Crippen LogP contribution in [0.15, 0.2) is 41.3 Å². The largest absolute Gasteiger partial charge is 0.443 e. The first kappa shape index (κ1) is 38.4. The molecule has 1 atom stereocenters. The van der Waals surface area contributed by atoms with E-state index in [1.165, 1.54) is 49.5 Å². The number of imidazole rings is 1. The fraction of sp³-hybridized carbons (Fsp3) is 0.500. The van der Waals surface area contributed by atoms with Gasteiger partial charge in [0.2, 0.25) is 5.91 Å². The molecule has 3 aromatic rings. The minimum atomic E-state index is -1.30. The van der Waals surface area contributed by atoms with Crippen LogP contribution in [0.2, 0.25) is 0 Å². The Morgan fingerprint density at radius 1 is 1.04 bits per heavy atom. The highest BCUT2D eigenvalue weighted by molar-refractivity contribution is 5.95. The summed E-state index contributed by atoms with van der Waals surface area (Å²) in [5.74, 6) is -1.53. The van der Waals surface area contributed by atoms with E-state index in [4.69, 9.17) is 9.47 Å². The highest BCUT2D eigenvalue weighted by Gasteiger charge is 2.28. The van der Waals surface area contributed by atoms with Crippen LogP contribution in [0.4, 0.5) is 19.7 Å². The monoisotopic (exact) mass is 683 g/mol. The molecule has 0 aliphatic carbocycles. The van der Waals surface area contributed by atoms with Crippen molar-refractivity contribution >= 4 is 40.7 Å². The molecule has 1 aromatic carbocycles. The van der Waals surface area contributed by atoms with Crippen LogP contribution in [0.1, 0.15) is 65.8 Å². The predicted octanol–water partition coefficient (Wildman–Crippen LogP) is 4.58. The number of rotatable bonds is 10. The smallest absolute Gasteiger partial charge is 0.420 e. The molecule has 3 rings (SSSR count). The van der Waals surface area contributed by atoms with Gasteiger partial charge in [0.25, 0.3) is 11.5 Å². The fourth-order valence-electron chi connectivity index (χ4n) is 4.64. The molecule has 15 heteroatoms. The van der Waals surface area contributed by atoms with Crippen molar-refractivity contribution in [3.63, 3.8) is 0 Å². The molecule has 0 spiro atoms. The molecule has 3 amide bonds. The fourth-order valence-corrected chi connectivity index (χ4v) is 4.64. The molecule has 0 aliphatic rings. The zero-order chi connectivity index (χ0) is 36.8. The van der Waals surface area contributed by atoms with E-state index in [2.05, 4.69) is 15.4 Å². The number of ether oxygens (including phenoxy) is 2. The van der Waals surface area contributed by atoms with E-state index in [-0.39, 0.29) is 47.7 Å². The molecular weight excluding hydrogens is 637 g/mol. The second-order valence-corrected chi connectivity index (χ2v) is 14.2. The Kier molecular flexibility index (Phi) is 12.1. The number of fused-ring (bicyclic) bond motifs is 1. The lowest BCUT2D eigenvalue weighted by molar-refractivity contribution is -0.125. The van der Waals surface area contributed by atoms with Gasteiger partial charge in [0.1, 0.15) is 29.5 Å². The molecule has 1 N–H and O–H groups in total. The van der Waals surface area contributed by atoms with Crippen molar-refractivity contribution in [1.29, 1.82) is 0 Å². The van der Waals surface area contributed by atoms with Crippen LogP contribution in [-0.2, 0) is 32.0 Å². The lowest BCUT2D eigenvalue weighted by Gasteiger charge is -2.21. The lowest BCUT2D eigenvalue weighted by atomic mass is 9.87. The van der Waals surface area contributed by atoms with Crippen molar-refractivity contribution in [1.82, 2.24) is 29.1 Å². The third-order valence-electron chi connectivity index (χ3n) is 6.83. The number of aromatic nitrogens is 4. The van der Waals surface area contributed by atoms with Gasteiger partial charge in [-0.05, 0) is 69.2 Å². The maximum absolute atomic E-state index is 14.9. The number of carbonyl (C=O) groups is 4. The zero-order valence-corrected chi connectivity index (χ0v) is 29.8. The predicted molar refractivity (Wildman–Crippen MR) is 182 cm³/mol. The SMILES string of the molecule is CN(C)C(=O)/C=C/CCC(OC(=O)N(C)C)C(=O)Nc1ccnn(Cc2nc3c(CC(C)(C)C)cc(F)cc3n2C(=O)OC(C)(C)C)c1=O. The molecule has 2 aromatic heterocycles. The van der Waals surface area contributed by atoms with E-state index in [1.54, 1.807) is 40.9 Å². The summed E-state index contributed by atoms with van der Waals surface area (Å²) in [7, 11) is 6.11. The molecule has 2 heterocycles. The molecule has 0 fully saturated rings. The van der Waals surface area contributed by atoms with Gasteiger partial charge < -0.3 is 24.6 Å². The average molecular weight is 684 g/mol. The highest BCUT2D eigenvalue weighted by Crippen LogP contribution is 2.29. The van der Waals surface area contributed by atoms with Crippen LogP contribution in [0.3, 0.4) is 0 Å². The molecular formula is C34H46FN7O7. The number of amides is 3. The zero-order valence-electron chi connectivity index (χ0n) is 29.8. The van der Waals surface area contributed by atoms with E-state index in [9.17, 15) is 28.4 Å². The molecule has 0 saturated carbocycles. The van der Waals surface area contributed by atoms with E-state index in [0.29, 0.717) is 17.5 Å². The van der Waals surface area contributed by atoms with E-state index >= 15 is 0 Å². The van der Waals surface area contributed by atoms with Crippen LogP contribution < -0.4 is 10.9 Å². The maximum Gasteiger partial charge on any atom is 0.420 e. The van der Waals surface area contributed by atoms with Crippen molar-refractivity contribution in [3.05, 3.63) is 64.1 Å². The van der Waals surface area contributed by atoms with Crippen molar-refractivity contribution < 1.29 is 33.0 Å². The van der Waals surface area contributed by atoms with Gasteiger partial charge in [0.15, 0.2) is 6.10 Å². The van der Waals surface area contributed by atoms with E-state index < -0.39 is 41.2 Å². The van der Waals surface area contributed by atoms with E-state index in [1.807, 2.05) is 20.8 Å². The highest BCUT2D eigenvalue weighted by atomic mass is 19.1. The molecule has 49 heavy (non-hydrogen) atoms. The number of hydrogen-bond donors (Lipinski definition) is 1. The molecule has 1 unspecified atom stereocenters. The Morgan fingerprint density at radius 3 is 2.31 bits per heavy atom. The number of allylic oxidation sites excluding steroid dienone is 1. The number of hydrogen-bond acceptors (Lipinski definition) is 9. The number of halogens is 1. The quantitative estimate of drug-likeness (QED) is 0.302. The summed E-state index contributed by atoms with van der Waals surface area (Å²) in [5, 5.41) is 6.64. The van der Waals surface area contributed by atoms with Gasteiger partial charge in [0.05, 0.1) is 11.0 Å². The second-order valence-electron chi connectivity index (χ2n) is 14.2. The number of nitrogens with one attached hydrogen (secondary N) is 1. The number of nitrogens with zero attached hydrogens (tertiary/aromatic N) is 6. The van der Waals surface area contributed by atoms with Crippen LogP contribution in [0.25, 0.3) is 11.0 Å². The van der Waals surface area contributed by atoms with Crippen molar-refractivity contribution in [2.45, 2.75) is 79.1 Å². The minimum Gasteiger partial charge on any atom is -0.443 e. The van der Waals surface area contributed by atoms with Gasteiger partial charge in [0, 0.05) is 40.5 Å². The summed E-state index contributed by atoms with van der Waals surface area (Å²) in [6, 6.07) is 3.85. The molecule has 0 radical (unpaired) electrons. The summed E-state index contributed by atoms with van der Waals surface area (Å²) in [6.45, 7) is 10.7. The molecule has 0 saturated heterocycles. The Bertz CT molecular complexity index is 1800. The van der Waals surface area contributed by atoms with Gasteiger partial charge in [-0.2, -0.15) is 5.10 Å². The number of likely N-dealkylation sites (N-methyl/N-ethyl adjacent to an activating group) is 1. The number of benzene rings is 1. The van der Waals surface area contributed by atoms with Crippen molar-refractivity contribution in [2.75, 3.05) is 33.5 Å². The first-order valence-corrected chi connectivity index (χ1v) is 15.7. The summed E-state index contributed by atoms with van der Waals surface area (Å²) in [6.07, 6.45) is 1.97. The summed E-state index contributed by atoms with van der Waals surface area (Å²) in [4.78, 5) is 71.8. The van der Waals surface area contributed by atoms with Gasteiger partial charge in [-0.1, -0.05) is 26.8 Å². The Labute approximate surface area is 284 Å². The molecule has 0 aliphatic heterocycles. The summed E-state index contributed by atoms with van der Waals surface area (Å²) >= 11 is 0. The first-order chi connectivity index (χ1) is 22.7. The lowest BCUT2D eigenvalue weighted by Crippen LogP contribution is -2.38. The van der Waals surface area contributed by atoms with Gasteiger partial charge in [-0.15, -0.1) is 0 Å². The second kappa shape index (κ2) is 15.4. The number of carbonyl (C=O) groups excluding carboxylic acids is 4. The van der Waals surface area contributed by atoms with Crippen LogP contribution in [-0.4, -0.2) is 93.0 Å². The molecule has 266 valence electrons. The average Bonchev–Trinajstić information content (AvgIpc) is 3.32. The third kappa shape index (κ3) is 10.7. The van der Waals surface area contributed by atoms with E-state index in [0.717, 1.165) is 14.1 Å². The standard InChI is InChI=1S/C34H46FN7O7/c1-33(2,3)19-21-17-22(35)18-24-28(21)38-26(42(24)32(47)49-34(4,5)6)20-41-30(45)23(15-16-36-41)37-29(44)25(48-31(46)40(9)10)13-11-12-14-27(43)39(7)8/h12,14-18,25H,11,13,19-20H2,1-10H3,(H,37,44)/b14-12+. The Balaban J connectivity index is 2.00. The van der Waals surface area contributed by atoms with Gasteiger partial charge in [-0.25, -0.2) is 28.2 Å². The maximum atomic E-state index is 14.9. The van der Waals surface area contributed by atoms with Crippen LogP contribution in [0, 0.1) is 11.2 Å². The summed E-state index contributed by atoms with van der Waals surface area (Å²) < 4.78 is 28.0. The first-order valence-electron chi connectivity index (χ1n) is 15.7. The van der Waals surface area contributed by atoms with Crippen LogP contribution in [0.5, 0.6) is 0 Å². The van der Waals surface area contributed by atoms with Gasteiger partial charge in [-0.3, -0.25) is 14.4 Å². The Hall–Kier alpha value is -5.08. The minimum absolute atomic E-state index is 0.0231. The topological polar surface area (TPSA) is 158 Å². The van der Waals surface area contributed by atoms with Crippen LogP contribution >= 0.6 is 0 Å². The number of anilines is 1. The Morgan fingerprint density at radius 2 is 1.71 bits per heavy atom. The van der Waals surface area contributed by atoms with Gasteiger partial charge >= 0.3 is 12.2 Å². The molecule has 14 nitrogen and oxygen atoms in total. The molecule has 0 bridgehead atoms. The van der Waals surface area contributed by atoms with Crippen molar-refractivity contribution in [2.24, 2.45) is 5.41 Å². The normalized spacial score (nSPS) is 12.6. The summed E-state index contributed by atoms with van der Waals surface area (Å²) in [5.41, 5.74) is -0.922. The van der Waals surface area contributed by atoms with Crippen molar-refractivity contribution in [3.8, 4) is 0 Å².